The Bertz CT molecular complexity index is 1240. The first-order valence-corrected chi connectivity index (χ1v) is 22.1. The third-order valence-electron chi connectivity index (χ3n) is 11.3. The number of nitrogens with zero attached hydrogens (tertiary/aromatic N) is 3. The number of carbonyl (C=O) groups excluding carboxylic acids is 3. The van der Waals surface area contributed by atoms with Crippen molar-refractivity contribution >= 4 is 29.2 Å². The minimum absolute atomic E-state index is 0.0858. The number of hydrogen-bond donors (Lipinski definition) is 1. The summed E-state index contributed by atoms with van der Waals surface area (Å²) < 4.78 is 11.7. The molecule has 1 heterocycles. The van der Waals surface area contributed by atoms with Gasteiger partial charge in [-0.25, -0.2) is 0 Å². The van der Waals surface area contributed by atoms with Gasteiger partial charge in [0.25, 0.3) is 10.9 Å². The van der Waals surface area contributed by atoms with Crippen molar-refractivity contribution in [2.75, 3.05) is 77.3 Å². The fourth-order valence-corrected chi connectivity index (χ4v) is 7.42. The van der Waals surface area contributed by atoms with Gasteiger partial charge in [0.2, 0.25) is 5.91 Å². The first kappa shape index (κ1) is 48.2. The number of piperidine rings is 1. The van der Waals surface area contributed by atoms with Crippen LogP contribution in [0.1, 0.15) is 168 Å². The van der Waals surface area contributed by atoms with Crippen molar-refractivity contribution in [1.82, 2.24) is 9.80 Å². The van der Waals surface area contributed by atoms with E-state index in [0.717, 1.165) is 51.5 Å². The van der Waals surface area contributed by atoms with Crippen LogP contribution in [-0.4, -0.2) is 94.7 Å². The van der Waals surface area contributed by atoms with Crippen molar-refractivity contribution in [2.24, 2.45) is 5.41 Å². The van der Waals surface area contributed by atoms with E-state index in [1.165, 1.54) is 77.0 Å². The fraction of sp³-hybridized carbons (Fsp3) is 0.841. The van der Waals surface area contributed by atoms with E-state index in [9.17, 15) is 24.0 Å². The Hall–Kier alpha value is -2.95. The first-order chi connectivity index (χ1) is 26.5. The van der Waals surface area contributed by atoms with Gasteiger partial charge in [0, 0.05) is 65.0 Å². The minimum atomic E-state index is -0.489. The van der Waals surface area contributed by atoms with Crippen LogP contribution < -0.4 is 21.1 Å². The zero-order valence-corrected chi connectivity index (χ0v) is 35.6. The second-order valence-corrected chi connectivity index (χ2v) is 16.5. The molecule has 1 fully saturated rings. The van der Waals surface area contributed by atoms with Crippen molar-refractivity contribution in [3.05, 3.63) is 20.4 Å². The number of unbranched alkanes of at least 4 members (excludes halogenated alkanes) is 16. The molecule has 1 aromatic carbocycles. The molecule has 55 heavy (non-hydrogen) atoms. The van der Waals surface area contributed by atoms with Crippen LogP contribution in [0, 0.1) is 5.41 Å². The third kappa shape index (κ3) is 19.7. The summed E-state index contributed by atoms with van der Waals surface area (Å²) in [5, 5.41) is 3.10. The van der Waals surface area contributed by atoms with Gasteiger partial charge < -0.3 is 29.5 Å². The smallest absolute Gasteiger partial charge is 0.305 e. The van der Waals surface area contributed by atoms with Gasteiger partial charge >= 0.3 is 11.9 Å². The summed E-state index contributed by atoms with van der Waals surface area (Å²) in [6.45, 7) is 7.86. The molecule has 0 aromatic heterocycles. The number of anilines is 2. The van der Waals surface area contributed by atoms with E-state index in [4.69, 9.17) is 9.47 Å². The molecule has 1 saturated heterocycles. The minimum Gasteiger partial charge on any atom is -0.465 e. The number of amides is 1. The van der Waals surface area contributed by atoms with Crippen molar-refractivity contribution in [1.29, 1.82) is 0 Å². The van der Waals surface area contributed by atoms with Crippen molar-refractivity contribution < 1.29 is 23.9 Å². The SMILES string of the molecule is CCCCCCCCCCCC(=O)OCC1(COC(=O)CCCCCCCCCCC)CCN(C(=O)CCN(C)CCCNc2c(N(C)C)c(=O)c2=O)CC1. The monoisotopic (exact) mass is 775 g/mol. The van der Waals surface area contributed by atoms with Crippen molar-refractivity contribution in [2.45, 2.75) is 168 Å². The van der Waals surface area contributed by atoms with E-state index in [0.29, 0.717) is 69.7 Å². The van der Waals surface area contributed by atoms with Crippen LogP contribution in [0.2, 0.25) is 0 Å². The Morgan fingerprint density at radius 1 is 0.618 bits per heavy atom. The summed E-state index contributed by atoms with van der Waals surface area (Å²) >= 11 is 0. The van der Waals surface area contributed by atoms with Crippen molar-refractivity contribution in [3.63, 3.8) is 0 Å². The number of ether oxygens (including phenoxy) is 2. The van der Waals surface area contributed by atoms with E-state index < -0.39 is 16.3 Å². The molecule has 1 aliphatic heterocycles. The summed E-state index contributed by atoms with van der Waals surface area (Å²) in [7, 11) is 5.47. The fourth-order valence-electron chi connectivity index (χ4n) is 7.42. The molecular weight excluding hydrogens is 697 g/mol. The molecule has 1 aliphatic rings. The molecule has 0 bridgehead atoms. The zero-order chi connectivity index (χ0) is 40.3. The second kappa shape index (κ2) is 28.4. The highest BCUT2D eigenvalue weighted by Gasteiger charge is 2.38. The van der Waals surface area contributed by atoms with Crippen LogP contribution in [0.4, 0.5) is 11.4 Å². The standard InChI is InChI=1S/C44H78N4O7/c1-6-8-10-12-14-16-18-20-22-25-38(50)54-35-44(36-55-39(51)26-23-21-19-17-15-13-11-9-7-2)28-33-48(34-29-44)37(49)27-32-47(5)31-24-30-45-40-41(46(3)4)43(53)42(40)52/h45H,6-36H2,1-5H3. The van der Waals surface area contributed by atoms with Gasteiger partial charge in [0.15, 0.2) is 0 Å². The average molecular weight is 775 g/mol. The Labute approximate surface area is 333 Å². The molecule has 0 saturated carbocycles. The summed E-state index contributed by atoms with van der Waals surface area (Å²) in [4.78, 5) is 68.1. The van der Waals surface area contributed by atoms with Crippen LogP contribution in [-0.2, 0) is 23.9 Å². The molecular formula is C44H78N4O7. The highest BCUT2D eigenvalue weighted by Crippen LogP contribution is 2.33. The number of likely N-dealkylation sites (tertiary alicyclic amines) is 1. The summed E-state index contributed by atoms with van der Waals surface area (Å²) in [5.41, 5.74) is -0.594. The molecule has 0 unspecified atom stereocenters. The maximum Gasteiger partial charge on any atom is 0.305 e. The molecule has 316 valence electrons. The van der Waals surface area contributed by atoms with Gasteiger partial charge in [0.1, 0.15) is 24.6 Å². The van der Waals surface area contributed by atoms with Gasteiger partial charge in [-0.1, -0.05) is 117 Å². The van der Waals surface area contributed by atoms with Crippen LogP contribution in [0.5, 0.6) is 0 Å². The zero-order valence-electron chi connectivity index (χ0n) is 35.6. The number of hydrogen-bond acceptors (Lipinski definition) is 10. The lowest BCUT2D eigenvalue weighted by Gasteiger charge is -2.41. The van der Waals surface area contributed by atoms with E-state index in [2.05, 4.69) is 24.1 Å². The van der Waals surface area contributed by atoms with Gasteiger partial charge in [-0.15, -0.1) is 0 Å². The topological polar surface area (TPSA) is 126 Å². The van der Waals surface area contributed by atoms with Crippen LogP contribution in [0.25, 0.3) is 0 Å². The largest absolute Gasteiger partial charge is 0.465 e. The Kier molecular flexibility index (Phi) is 24.9. The summed E-state index contributed by atoms with van der Waals surface area (Å²) in [5.74, 6) is -0.298. The Morgan fingerprint density at radius 3 is 1.53 bits per heavy atom. The second-order valence-electron chi connectivity index (χ2n) is 16.5. The lowest BCUT2D eigenvalue weighted by Crippen LogP contribution is -2.48. The molecule has 0 aliphatic carbocycles. The molecule has 0 atom stereocenters. The highest BCUT2D eigenvalue weighted by atomic mass is 16.5. The predicted octanol–water partition coefficient (Wildman–Crippen LogP) is 8.01. The normalized spacial score (nSPS) is 14.0. The van der Waals surface area contributed by atoms with E-state index in [1.54, 1.807) is 19.0 Å². The van der Waals surface area contributed by atoms with E-state index in [1.807, 2.05) is 11.9 Å². The highest BCUT2D eigenvalue weighted by molar-refractivity contribution is 5.76. The molecule has 1 aromatic rings. The molecule has 1 N–H and O–H groups in total. The maximum absolute atomic E-state index is 13.2. The first-order valence-electron chi connectivity index (χ1n) is 22.1. The third-order valence-corrected chi connectivity index (χ3v) is 11.3. The quantitative estimate of drug-likeness (QED) is 0.0427. The van der Waals surface area contributed by atoms with E-state index >= 15 is 0 Å². The molecule has 1 amide bonds. The number of nitrogens with one attached hydrogen (secondary N) is 1. The van der Waals surface area contributed by atoms with Crippen LogP contribution >= 0.6 is 0 Å². The van der Waals surface area contributed by atoms with Gasteiger partial charge in [-0.2, -0.15) is 0 Å². The Morgan fingerprint density at radius 2 is 1.07 bits per heavy atom. The van der Waals surface area contributed by atoms with Gasteiger partial charge in [-0.3, -0.25) is 24.0 Å². The van der Waals surface area contributed by atoms with E-state index in [-0.39, 0.29) is 31.1 Å². The molecule has 11 heteroatoms. The summed E-state index contributed by atoms with van der Waals surface area (Å²) in [6.07, 6.45) is 24.6. The summed E-state index contributed by atoms with van der Waals surface area (Å²) in [6, 6.07) is 0. The van der Waals surface area contributed by atoms with Gasteiger partial charge in [-0.05, 0) is 45.7 Å². The molecule has 0 radical (unpaired) electrons. The van der Waals surface area contributed by atoms with Crippen LogP contribution in [0.15, 0.2) is 9.59 Å². The lowest BCUT2D eigenvalue weighted by molar-refractivity contribution is -0.158. The molecule has 11 nitrogen and oxygen atoms in total. The number of rotatable bonds is 33. The lowest BCUT2D eigenvalue weighted by atomic mass is 9.79. The van der Waals surface area contributed by atoms with Crippen LogP contribution in [0.3, 0.4) is 0 Å². The van der Waals surface area contributed by atoms with Crippen molar-refractivity contribution in [3.8, 4) is 0 Å². The predicted molar refractivity (Wildman–Crippen MR) is 225 cm³/mol. The number of esters is 2. The molecule has 2 rings (SSSR count). The average Bonchev–Trinajstić information content (AvgIpc) is 3.18. The molecule has 0 spiro atoms. The number of carbonyl (C=O) groups is 3. The maximum atomic E-state index is 13.2. The Balaban J connectivity index is 1.77. The van der Waals surface area contributed by atoms with Gasteiger partial charge in [0.05, 0.1) is 0 Å².